The molecule has 0 spiro atoms. The summed E-state index contributed by atoms with van der Waals surface area (Å²) in [6.07, 6.45) is -4.53. The van der Waals surface area contributed by atoms with Gasteiger partial charge in [-0.3, -0.25) is 10.0 Å². The number of halogens is 3. The fourth-order valence-electron chi connectivity index (χ4n) is 1.91. The molecule has 0 heterocycles. The van der Waals surface area contributed by atoms with E-state index in [1.807, 2.05) is 0 Å². The van der Waals surface area contributed by atoms with Gasteiger partial charge in [-0.05, 0) is 30.3 Å². The number of para-hydroxylation sites is 1. The Morgan fingerprint density at radius 2 is 1.67 bits per heavy atom. The van der Waals surface area contributed by atoms with E-state index in [0.29, 0.717) is 0 Å². The molecule has 0 unspecified atom stereocenters. The summed E-state index contributed by atoms with van der Waals surface area (Å²) in [6, 6.07) is 9.08. The first-order valence-electron chi connectivity index (χ1n) is 6.60. The van der Waals surface area contributed by atoms with E-state index in [4.69, 9.17) is 5.21 Å². The molecule has 6 nitrogen and oxygen atoms in total. The van der Waals surface area contributed by atoms with Crippen molar-refractivity contribution < 1.29 is 28.0 Å². The molecule has 0 aliphatic carbocycles. The molecule has 0 fully saturated rings. The minimum atomic E-state index is -4.53. The molecule has 0 aliphatic heterocycles. The normalized spacial score (nSPS) is 10.8. The van der Waals surface area contributed by atoms with E-state index in [0.717, 1.165) is 18.2 Å². The number of hydrogen-bond donors (Lipinski definition) is 4. The van der Waals surface area contributed by atoms with Gasteiger partial charge in [-0.1, -0.05) is 18.2 Å². The van der Waals surface area contributed by atoms with Gasteiger partial charge in [0.2, 0.25) is 0 Å². The van der Waals surface area contributed by atoms with Gasteiger partial charge in [-0.2, -0.15) is 13.2 Å². The molecular weight excluding hydrogens is 327 g/mol. The maximum atomic E-state index is 12.6. The summed E-state index contributed by atoms with van der Waals surface area (Å²) in [5.74, 6) is -0.843. The molecule has 3 amide bonds. The lowest BCUT2D eigenvalue weighted by Gasteiger charge is -2.12. The number of hydroxylamine groups is 1. The van der Waals surface area contributed by atoms with E-state index >= 15 is 0 Å². The second kappa shape index (κ2) is 7.01. The zero-order valence-corrected chi connectivity index (χ0v) is 12.0. The van der Waals surface area contributed by atoms with Gasteiger partial charge in [-0.25, -0.2) is 10.3 Å². The smallest absolute Gasteiger partial charge is 0.308 e. The quantitative estimate of drug-likeness (QED) is 0.510. The Balaban J connectivity index is 2.14. The predicted molar refractivity (Wildman–Crippen MR) is 79.8 cm³/mol. The molecule has 2 rings (SSSR count). The van der Waals surface area contributed by atoms with E-state index in [1.54, 1.807) is 0 Å². The highest BCUT2D eigenvalue weighted by Gasteiger charge is 2.30. The summed E-state index contributed by atoms with van der Waals surface area (Å²) in [4.78, 5) is 23.4. The highest BCUT2D eigenvalue weighted by Crippen LogP contribution is 2.30. The Hall–Kier alpha value is -3.07. The van der Waals surface area contributed by atoms with Gasteiger partial charge >= 0.3 is 12.2 Å². The van der Waals surface area contributed by atoms with Gasteiger partial charge in [0.25, 0.3) is 5.91 Å². The number of anilines is 2. The number of carbonyl (C=O) groups is 2. The fourth-order valence-corrected chi connectivity index (χ4v) is 1.91. The molecule has 0 aliphatic rings. The van der Waals surface area contributed by atoms with E-state index in [-0.39, 0.29) is 16.9 Å². The Bertz CT molecular complexity index is 763. The topological polar surface area (TPSA) is 90.5 Å². The highest BCUT2D eigenvalue weighted by atomic mass is 19.4. The van der Waals surface area contributed by atoms with Crippen molar-refractivity contribution in [2.45, 2.75) is 6.18 Å². The van der Waals surface area contributed by atoms with Crippen LogP contribution in [0.1, 0.15) is 15.9 Å². The average molecular weight is 339 g/mol. The second-order valence-electron chi connectivity index (χ2n) is 4.64. The first-order valence-corrected chi connectivity index (χ1v) is 6.60. The fraction of sp³-hybridized carbons (Fsp3) is 0.0667. The number of hydrogen-bond acceptors (Lipinski definition) is 3. The molecule has 0 saturated carbocycles. The number of nitrogens with one attached hydrogen (secondary N) is 3. The van der Waals surface area contributed by atoms with Crippen molar-refractivity contribution in [2.75, 3.05) is 10.6 Å². The largest absolute Gasteiger partial charge is 0.416 e. The van der Waals surface area contributed by atoms with E-state index < -0.39 is 23.7 Å². The lowest BCUT2D eigenvalue weighted by Crippen LogP contribution is -2.24. The zero-order valence-electron chi connectivity index (χ0n) is 12.0. The van der Waals surface area contributed by atoms with Crippen LogP contribution < -0.4 is 16.1 Å². The van der Waals surface area contributed by atoms with Gasteiger partial charge in [0.05, 0.1) is 16.8 Å². The van der Waals surface area contributed by atoms with Gasteiger partial charge in [0.1, 0.15) is 0 Å². The summed E-state index contributed by atoms with van der Waals surface area (Å²) in [6.45, 7) is 0. The molecule has 0 atom stereocenters. The minimum absolute atomic E-state index is 0.0146. The summed E-state index contributed by atoms with van der Waals surface area (Å²) in [7, 11) is 0. The van der Waals surface area contributed by atoms with Crippen LogP contribution in [0.25, 0.3) is 0 Å². The molecule has 4 N–H and O–H groups in total. The van der Waals surface area contributed by atoms with Crippen molar-refractivity contribution in [1.82, 2.24) is 5.48 Å². The monoisotopic (exact) mass is 339 g/mol. The SMILES string of the molecule is O=C(Nc1cccc(C(F)(F)F)c1)Nc1ccccc1C(=O)NO. The van der Waals surface area contributed by atoms with Crippen LogP contribution in [0.5, 0.6) is 0 Å². The lowest BCUT2D eigenvalue weighted by atomic mass is 10.1. The van der Waals surface area contributed by atoms with Crippen LogP contribution in [0.2, 0.25) is 0 Å². The third-order valence-corrected chi connectivity index (χ3v) is 2.97. The molecular formula is C15H12F3N3O3. The second-order valence-corrected chi connectivity index (χ2v) is 4.64. The van der Waals surface area contributed by atoms with Gasteiger partial charge < -0.3 is 10.6 Å². The molecule has 24 heavy (non-hydrogen) atoms. The van der Waals surface area contributed by atoms with E-state index in [1.165, 1.54) is 35.8 Å². The van der Waals surface area contributed by atoms with Crippen LogP contribution in [0, 0.1) is 0 Å². The third-order valence-electron chi connectivity index (χ3n) is 2.97. The molecule has 126 valence electrons. The van der Waals surface area contributed by atoms with Crippen molar-refractivity contribution in [2.24, 2.45) is 0 Å². The Morgan fingerprint density at radius 3 is 2.33 bits per heavy atom. The maximum absolute atomic E-state index is 12.6. The molecule has 0 aromatic heterocycles. The highest BCUT2D eigenvalue weighted by molar-refractivity contribution is 6.06. The molecule has 0 bridgehead atoms. The van der Waals surface area contributed by atoms with Crippen LogP contribution in [0.3, 0.4) is 0 Å². The Labute approximate surface area is 134 Å². The molecule has 2 aromatic carbocycles. The van der Waals surface area contributed by atoms with Gasteiger partial charge in [0.15, 0.2) is 0 Å². The molecule has 9 heteroatoms. The Morgan fingerprint density at radius 1 is 0.958 bits per heavy atom. The van der Waals surface area contributed by atoms with Gasteiger partial charge in [0, 0.05) is 5.69 Å². The average Bonchev–Trinajstić information content (AvgIpc) is 2.54. The maximum Gasteiger partial charge on any atom is 0.416 e. The molecule has 0 radical (unpaired) electrons. The van der Waals surface area contributed by atoms with Gasteiger partial charge in [-0.15, -0.1) is 0 Å². The molecule has 2 aromatic rings. The van der Waals surface area contributed by atoms with Crippen LogP contribution in [-0.2, 0) is 6.18 Å². The van der Waals surface area contributed by atoms with Crippen LogP contribution in [0.15, 0.2) is 48.5 Å². The number of benzene rings is 2. The first kappa shape index (κ1) is 17.3. The first-order chi connectivity index (χ1) is 11.3. The number of rotatable bonds is 3. The standard InChI is InChI=1S/C15H12F3N3O3/c16-15(17,18)9-4-3-5-10(8-9)19-14(23)20-12-7-2-1-6-11(12)13(22)21-24/h1-8,24H,(H,21,22)(H2,19,20,23). The van der Waals surface area contributed by atoms with E-state index in [9.17, 15) is 22.8 Å². The number of urea groups is 1. The summed E-state index contributed by atoms with van der Waals surface area (Å²) >= 11 is 0. The summed E-state index contributed by atoms with van der Waals surface area (Å²) < 4.78 is 37.9. The minimum Gasteiger partial charge on any atom is -0.308 e. The third kappa shape index (κ3) is 4.23. The van der Waals surface area contributed by atoms with Crippen molar-refractivity contribution in [1.29, 1.82) is 0 Å². The lowest BCUT2D eigenvalue weighted by molar-refractivity contribution is -0.137. The van der Waals surface area contributed by atoms with Crippen LogP contribution >= 0.6 is 0 Å². The Kier molecular flexibility index (Phi) is 5.05. The van der Waals surface area contributed by atoms with Crippen molar-refractivity contribution >= 4 is 23.3 Å². The number of amides is 3. The zero-order chi connectivity index (χ0) is 17.7. The van der Waals surface area contributed by atoms with Crippen LogP contribution in [-0.4, -0.2) is 17.1 Å². The number of alkyl halides is 3. The number of carbonyl (C=O) groups excluding carboxylic acids is 2. The van der Waals surface area contributed by atoms with Crippen molar-refractivity contribution in [3.63, 3.8) is 0 Å². The molecule has 0 saturated heterocycles. The van der Waals surface area contributed by atoms with Crippen molar-refractivity contribution in [3.05, 3.63) is 59.7 Å². The van der Waals surface area contributed by atoms with E-state index in [2.05, 4.69) is 10.6 Å². The summed E-state index contributed by atoms with van der Waals surface area (Å²) in [5.41, 5.74) is 0.530. The van der Waals surface area contributed by atoms with Crippen molar-refractivity contribution in [3.8, 4) is 0 Å². The van der Waals surface area contributed by atoms with Crippen LogP contribution in [0.4, 0.5) is 29.3 Å². The summed E-state index contributed by atoms with van der Waals surface area (Å²) in [5, 5.41) is 13.2. The predicted octanol–water partition coefficient (Wildman–Crippen LogP) is 3.47.